The van der Waals surface area contributed by atoms with Gasteiger partial charge in [0.25, 0.3) is 0 Å². The van der Waals surface area contributed by atoms with Gasteiger partial charge in [-0.25, -0.2) is 4.79 Å². The van der Waals surface area contributed by atoms with Gasteiger partial charge in [-0.15, -0.1) is 10.2 Å². The molecule has 0 amide bonds. The normalized spacial score (nSPS) is 11.0. The number of nitrogens with zero attached hydrogens (tertiary/aromatic N) is 3. The second kappa shape index (κ2) is 7.89. The van der Waals surface area contributed by atoms with Crippen LogP contribution in [0.5, 0.6) is 0 Å². The Labute approximate surface area is 114 Å². The number of esters is 1. The van der Waals surface area contributed by atoms with Crippen molar-refractivity contribution in [1.29, 1.82) is 0 Å². The highest BCUT2D eigenvalue weighted by molar-refractivity contribution is 5.85. The van der Waals surface area contributed by atoms with Crippen LogP contribution in [0.4, 0.5) is 0 Å². The van der Waals surface area contributed by atoms with E-state index in [-0.39, 0.29) is 5.82 Å². The summed E-state index contributed by atoms with van der Waals surface area (Å²) >= 11 is 0. The molecule has 0 N–H and O–H groups in total. The van der Waals surface area contributed by atoms with Gasteiger partial charge in [-0.3, -0.25) is 0 Å². The highest BCUT2D eigenvalue weighted by Gasteiger charge is 2.17. The topological polar surface area (TPSA) is 66.2 Å². The third kappa shape index (κ3) is 4.98. The Morgan fingerprint density at radius 3 is 2.68 bits per heavy atom. The van der Waals surface area contributed by atoms with E-state index in [2.05, 4.69) is 24.0 Å². The molecule has 0 aliphatic rings. The molecule has 6 nitrogen and oxygen atoms in total. The monoisotopic (exact) mass is 269 g/mol. The molecule has 0 unspecified atom stereocenters. The number of hydrogen-bond donors (Lipinski definition) is 0. The zero-order chi connectivity index (χ0) is 14.3. The van der Waals surface area contributed by atoms with Gasteiger partial charge in [0.15, 0.2) is 0 Å². The summed E-state index contributed by atoms with van der Waals surface area (Å²) in [6.07, 6.45) is 1.03. The first-order chi connectivity index (χ1) is 9.06. The molecule has 1 aromatic heterocycles. The first-order valence-electron chi connectivity index (χ1n) is 6.70. The molecule has 0 atom stereocenters. The Morgan fingerprint density at radius 1 is 1.32 bits per heavy atom. The largest absolute Gasteiger partial charge is 0.460 e. The number of carbonyl (C=O) groups is 1. The van der Waals surface area contributed by atoms with Gasteiger partial charge >= 0.3 is 5.97 Å². The first-order valence-corrected chi connectivity index (χ1v) is 6.70. The fourth-order valence-electron chi connectivity index (χ4n) is 1.57. The van der Waals surface area contributed by atoms with Crippen molar-refractivity contribution in [3.63, 3.8) is 0 Å². The minimum atomic E-state index is -0.440. The summed E-state index contributed by atoms with van der Waals surface area (Å²) in [5, 5.41) is 7.75. The van der Waals surface area contributed by atoms with Crippen LogP contribution >= 0.6 is 0 Å². The predicted molar refractivity (Wildman–Crippen MR) is 71.0 cm³/mol. The third-order valence-corrected chi connectivity index (χ3v) is 2.69. The number of aryl methyl sites for hydroxylation is 1. The van der Waals surface area contributed by atoms with Crippen LogP contribution in [-0.4, -0.2) is 40.6 Å². The van der Waals surface area contributed by atoms with E-state index in [1.54, 1.807) is 11.5 Å². The van der Waals surface area contributed by atoms with Crippen molar-refractivity contribution in [3.05, 3.63) is 11.6 Å². The summed E-state index contributed by atoms with van der Waals surface area (Å²) in [7, 11) is 0. The molecule has 0 aliphatic heterocycles. The molecule has 6 heteroatoms. The van der Waals surface area contributed by atoms with Gasteiger partial charge in [-0.2, -0.15) is 0 Å². The highest BCUT2D eigenvalue weighted by atomic mass is 16.5. The van der Waals surface area contributed by atoms with Crippen molar-refractivity contribution < 1.29 is 14.3 Å². The van der Waals surface area contributed by atoms with Crippen LogP contribution in [0.2, 0.25) is 0 Å². The molecule has 0 aromatic carbocycles. The summed E-state index contributed by atoms with van der Waals surface area (Å²) in [6.45, 7) is 10.1. The van der Waals surface area contributed by atoms with Gasteiger partial charge in [-0.1, -0.05) is 13.8 Å². The summed E-state index contributed by atoms with van der Waals surface area (Å²) < 4.78 is 12.2. The van der Waals surface area contributed by atoms with Crippen molar-refractivity contribution in [2.45, 2.75) is 40.7 Å². The van der Waals surface area contributed by atoms with Crippen LogP contribution in [0.25, 0.3) is 0 Å². The van der Waals surface area contributed by atoms with E-state index < -0.39 is 5.97 Å². The Morgan fingerprint density at radius 2 is 2.05 bits per heavy atom. The molecular formula is C13H23N3O3. The maximum Gasteiger partial charge on any atom is 0.376 e. The number of hydrogen-bond acceptors (Lipinski definition) is 5. The highest BCUT2D eigenvalue weighted by Crippen LogP contribution is 2.04. The van der Waals surface area contributed by atoms with Crippen LogP contribution in [-0.2, 0) is 16.0 Å². The van der Waals surface area contributed by atoms with Gasteiger partial charge in [-0.05, 0) is 26.2 Å². The number of ether oxygens (including phenoxy) is 2. The van der Waals surface area contributed by atoms with Crippen molar-refractivity contribution in [2.24, 2.45) is 5.92 Å². The van der Waals surface area contributed by atoms with Gasteiger partial charge in [0.05, 0.1) is 13.2 Å². The molecule has 19 heavy (non-hydrogen) atoms. The van der Waals surface area contributed by atoms with Crippen LogP contribution in [0.3, 0.4) is 0 Å². The predicted octanol–water partition coefficient (Wildman–Crippen LogP) is 1.83. The summed E-state index contributed by atoms with van der Waals surface area (Å²) in [6, 6.07) is 0. The van der Waals surface area contributed by atoms with E-state index in [0.29, 0.717) is 31.5 Å². The second-order valence-corrected chi connectivity index (χ2v) is 4.74. The van der Waals surface area contributed by atoms with E-state index in [9.17, 15) is 4.79 Å². The van der Waals surface area contributed by atoms with Gasteiger partial charge < -0.3 is 14.0 Å². The van der Waals surface area contributed by atoms with Gasteiger partial charge in [0.2, 0.25) is 5.82 Å². The summed E-state index contributed by atoms with van der Waals surface area (Å²) in [5.41, 5.74) is 0. The Kier molecular flexibility index (Phi) is 6.49. The van der Waals surface area contributed by atoms with E-state index in [0.717, 1.165) is 13.0 Å². The van der Waals surface area contributed by atoms with Crippen molar-refractivity contribution >= 4 is 5.97 Å². The number of carbonyl (C=O) groups excluding carboxylic acids is 1. The zero-order valence-electron chi connectivity index (χ0n) is 12.2. The maximum atomic E-state index is 11.7. The quantitative estimate of drug-likeness (QED) is 0.532. The van der Waals surface area contributed by atoms with E-state index in [1.165, 1.54) is 0 Å². The molecule has 0 saturated heterocycles. The van der Waals surface area contributed by atoms with E-state index in [4.69, 9.17) is 9.47 Å². The van der Waals surface area contributed by atoms with E-state index in [1.807, 2.05) is 6.92 Å². The standard InChI is InChI=1S/C13H23N3O3/c1-5-19-13(17)12-15-14-11(4)16(12)7-9-18-8-6-10(2)3/h10H,5-9H2,1-4H3. The fourth-order valence-corrected chi connectivity index (χ4v) is 1.57. The zero-order valence-corrected chi connectivity index (χ0v) is 12.2. The van der Waals surface area contributed by atoms with Crippen LogP contribution in [0.1, 0.15) is 43.6 Å². The average Bonchev–Trinajstić information content (AvgIpc) is 2.70. The average molecular weight is 269 g/mol. The molecule has 1 rings (SSSR count). The molecule has 0 saturated carbocycles. The molecule has 1 heterocycles. The fraction of sp³-hybridized carbons (Fsp3) is 0.769. The Hall–Kier alpha value is -1.43. The lowest BCUT2D eigenvalue weighted by Crippen LogP contribution is -2.17. The Bertz CT molecular complexity index is 402. The molecule has 0 fully saturated rings. The molecule has 0 radical (unpaired) electrons. The molecular weight excluding hydrogens is 246 g/mol. The number of aromatic nitrogens is 3. The molecule has 0 bridgehead atoms. The van der Waals surface area contributed by atoms with Crippen molar-refractivity contribution in [1.82, 2.24) is 14.8 Å². The number of rotatable bonds is 8. The second-order valence-electron chi connectivity index (χ2n) is 4.74. The lowest BCUT2D eigenvalue weighted by Gasteiger charge is -2.09. The van der Waals surface area contributed by atoms with Crippen LogP contribution < -0.4 is 0 Å². The first kappa shape index (κ1) is 15.6. The summed E-state index contributed by atoms with van der Waals surface area (Å²) in [4.78, 5) is 11.7. The smallest absolute Gasteiger partial charge is 0.376 e. The minimum Gasteiger partial charge on any atom is -0.460 e. The third-order valence-electron chi connectivity index (χ3n) is 2.69. The molecule has 108 valence electrons. The van der Waals surface area contributed by atoms with Crippen molar-refractivity contribution in [2.75, 3.05) is 19.8 Å². The SMILES string of the molecule is CCOC(=O)c1nnc(C)n1CCOCCC(C)C. The lowest BCUT2D eigenvalue weighted by molar-refractivity contribution is 0.0501. The lowest BCUT2D eigenvalue weighted by atomic mass is 10.1. The van der Waals surface area contributed by atoms with Crippen LogP contribution in [0.15, 0.2) is 0 Å². The van der Waals surface area contributed by atoms with E-state index >= 15 is 0 Å². The molecule has 0 spiro atoms. The molecule has 1 aromatic rings. The molecule has 0 aliphatic carbocycles. The van der Waals surface area contributed by atoms with Crippen LogP contribution in [0, 0.1) is 12.8 Å². The minimum absolute atomic E-state index is 0.242. The maximum absolute atomic E-state index is 11.7. The Balaban J connectivity index is 2.48. The van der Waals surface area contributed by atoms with Gasteiger partial charge in [0, 0.05) is 13.2 Å². The summed E-state index contributed by atoms with van der Waals surface area (Å²) in [5.74, 6) is 1.12. The van der Waals surface area contributed by atoms with Crippen molar-refractivity contribution in [3.8, 4) is 0 Å². The van der Waals surface area contributed by atoms with Gasteiger partial charge in [0.1, 0.15) is 5.82 Å².